The molecule has 1 aromatic rings. The molecule has 4 heteroatoms. The van der Waals surface area contributed by atoms with Crippen LogP contribution in [0.15, 0.2) is 30.3 Å². The second kappa shape index (κ2) is 8.70. The number of benzene rings is 1. The average molecular weight is 316 g/mol. The molecule has 126 valence electrons. The molecule has 1 aliphatic rings. The lowest BCUT2D eigenvalue weighted by atomic mass is 9.78. The van der Waals surface area contributed by atoms with Crippen LogP contribution in [0, 0.1) is 11.8 Å². The minimum atomic E-state index is -0.0749. The van der Waals surface area contributed by atoms with Crippen LogP contribution in [0.25, 0.3) is 0 Å². The number of amides is 2. The van der Waals surface area contributed by atoms with Crippen LogP contribution in [-0.2, 0) is 16.1 Å². The maximum Gasteiger partial charge on any atom is 0.220 e. The topological polar surface area (TPSA) is 58.2 Å². The van der Waals surface area contributed by atoms with Crippen molar-refractivity contribution in [1.29, 1.82) is 0 Å². The monoisotopic (exact) mass is 316 g/mol. The molecule has 0 aromatic heterocycles. The molecule has 2 N–H and O–H groups in total. The summed E-state index contributed by atoms with van der Waals surface area (Å²) < 4.78 is 0. The quantitative estimate of drug-likeness (QED) is 0.847. The van der Waals surface area contributed by atoms with Gasteiger partial charge in [0.1, 0.15) is 0 Å². The van der Waals surface area contributed by atoms with Crippen molar-refractivity contribution in [3.8, 4) is 0 Å². The molecule has 4 nitrogen and oxygen atoms in total. The van der Waals surface area contributed by atoms with Crippen LogP contribution < -0.4 is 10.6 Å². The van der Waals surface area contributed by atoms with Crippen molar-refractivity contribution in [1.82, 2.24) is 10.6 Å². The van der Waals surface area contributed by atoms with E-state index in [-0.39, 0.29) is 30.7 Å². The van der Waals surface area contributed by atoms with E-state index in [1.165, 1.54) is 12.8 Å². The van der Waals surface area contributed by atoms with E-state index >= 15 is 0 Å². The minimum absolute atomic E-state index is 0.00851. The normalized spacial score (nSPS) is 24.0. The molecule has 0 saturated heterocycles. The third-order valence-electron chi connectivity index (χ3n) is 4.96. The van der Waals surface area contributed by atoms with Crippen molar-refractivity contribution >= 4 is 11.8 Å². The first-order valence-electron chi connectivity index (χ1n) is 8.66. The van der Waals surface area contributed by atoms with Crippen LogP contribution in [-0.4, -0.2) is 17.9 Å². The molecule has 0 radical (unpaired) electrons. The molecule has 0 unspecified atom stereocenters. The zero-order chi connectivity index (χ0) is 16.7. The van der Waals surface area contributed by atoms with Crippen LogP contribution >= 0.6 is 0 Å². The molecule has 0 aliphatic heterocycles. The molecule has 0 spiro atoms. The fourth-order valence-electron chi connectivity index (χ4n) is 3.18. The van der Waals surface area contributed by atoms with Gasteiger partial charge in [0, 0.05) is 25.4 Å². The summed E-state index contributed by atoms with van der Waals surface area (Å²) in [4.78, 5) is 23.9. The molecule has 0 heterocycles. The van der Waals surface area contributed by atoms with E-state index in [1.54, 1.807) is 0 Å². The highest BCUT2D eigenvalue weighted by molar-refractivity contribution is 5.83. The van der Waals surface area contributed by atoms with Gasteiger partial charge in [-0.1, -0.05) is 57.0 Å². The summed E-state index contributed by atoms with van der Waals surface area (Å²) in [5, 5.41) is 5.96. The van der Waals surface area contributed by atoms with Crippen LogP contribution in [0.3, 0.4) is 0 Å². The standard InChI is InChI=1S/C19H28N2O2/c1-14-7-6-10-17(15(14)2)21-19(23)12-11-18(22)20-13-16-8-4-3-5-9-16/h3-5,8-9,14-15,17H,6-7,10-13H2,1-2H3,(H,20,22)(H,21,23)/t14-,15+,17-/m1/s1. The van der Waals surface area contributed by atoms with Gasteiger partial charge in [-0.2, -0.15) is 0 Å². The second-order valence-corrected chi connectivity index (χ2v) is 6.70. The van der Waals surface area contributed by atoms with Gasteiger partial charge in [0.05, 0.1) is 0 Å². The highest BCUT2D eigenvalue weighted by Gasteiger charge is 2.27. The summed E-state index contributed by atoms with van der Waals surface area (Å²) in [6.07, 6.45) is 3.98. The summed E-state index contributed by atoms with van der Waals surface area (Å²) in [7, 11) is 0. The zero-order valence-corrected chi connectivity index (χ0v) is 14.2. The molecule has 1 aromatic carbocycles. The maximum atomic E-state index is 12.1. The molecule has 2 rings (SSSR count). The first kappa shape index (κ1) is 17.5. The Bertz CT molecular complexity index is 515. The molecular formula is C19H28N2O2. The molecule has 23 heavy (non-hydrogen) atoms. The number of carbonyl (C=O) groups excluding carboxylic acids is 2. The van der Waals surface area contributed by atoms with E-state index in [0.29, 0.717) is 18.4 Å². The fraction of sp³-hybridized carbons (Fsp3) is 0.579. The first-order valence-corrected chi connectivity index (χ1v) is 8.66. The van der Waals surface area contributed by atoms with E-state index < -0.39 is 0 Å². The van der Waals surface area contributed by atoms with Crippen LogP contribution in [0.1, 0.15) is 51.5 Å². The Morgan fingerprint density at radius 2 is 1.74 bits per heavy atom. The average Bonchev–Trinajstić information content (AvgIpc) is 2.56. The predicted octanol–water partition coefficient (Wildman–Crippen LogP) is 3.02. The van der Waals surface area contributed by atoms with Crippen molar-refractivity contribution in [3.63, 3.8) is 0 Å². The summed E-state index contributed by atoms with van der Waals surface area (Å²) in [6, 6.07) is 10.0. The number of nitrogens with one attached hydrogen (secondary N) is 2. The molecule has 3 atom stereocenters. The van der Waals surface area contributed by atoms with Crippen LogP contribution in [0.5, 0.6) is 0 Å². The van der Waals surface area contributed by atoms with Gasteiger partial charge in [0.15, 0.2) is 0 Å². The molecule has 1 saturated carbocycles. The summed E-state index contributed by atoms with van der Waals surface area (Å²) in [5.41, 5.74) is 1.07. The Balaban J connectivity index is 1.66. The molecular weight excluding hydrogens is 288 g/mol. The lowest BCUT2D eigenvalue weighted by Gasteiger charge is -2.34. The van der Waals surface area contributed by atoms with Gasteiger partial charge >= 0.3 is 0 Å². The Morgan fingerprint density at radius 1 is 1.04 bits per heavy atom. The van der Waals surface area contributed by atoms with Gasteiger partial charge in [-0.3, -0.25) is 9.59 Å². The number of hydrogen-bond acceptors (Lipinski definition) is 2. The van der Waals surface area contributed by atoms with Crippen molar-refractivity contribution in [3.05, 3.63) is 35.9 Å². The summed E-state index contributed by atoms with van der Waals surface area (Å²) >= 11 is 0. The Morgan fingerprint density at radius 3 is 2.48 bits per heavy atom. The number of rotatable bonds is 6. The fourth-order valence-corrected chi connectivity index (χ4v) is 3.18. The number of carbonyl (C=O) groups is 2. The largest absolute Gasteiger partial charge is 0.353 e. The maximum absolute atomic E-state index is 12.1. The SMILES string of the molecule is C[C@H]1[C@H](C)CCC[C@H]1NC(=O)CCC(=O)NCc1ccccc1. The molecule has 1 fully saturated rings. The lowest BCUT2D eigenvalue weighted by molar-refractivity contribution is -0.127. The molecule has 1 aliphatic carbocycles. The van der Waals surface area contributed by atoms with E-state index in [0.717, 1.165) is 12.0 Å². The highest BCUT2D eigenvalue weighted by atomic mass is 16.2. The smallest absolute Gasteiger partial charge is 0.220 e. The van der Waals surface area contributed by atoms with E-state index in [1.807, 2.05) is 30.3 Å². The van der Waals surface area contributed by atoms with Crippen molar-refractivity contribution in [2.75, 3.05) is 0 Å². The van der Waals surface area contributed by atoms with Crippen molar-refractivity contribution < 1.29 is 9.59 Å². The molecule has 2 amide bonds. The Labute approximate surface area is 139 Å². The third-order valence-corrected chi connectivity index (χ3v) is 4.96. The highest BCUT2D eigenvalue weighted by Crippen LogP contribution is 2.29. The van der Waals surface area contributed by atoms with Gasteiger partial charge in [-0.25, -0.2) is 0 Å². The van der Waals surface area contributed by atoms with Crippen LogP contribution in [0.2, 0.25) is 0 Å². The lowest BCUT2D eigenvalue weighted by Crippen LogP contribution is -2.43. The summed E-state index contributed by atoms with van der Waals surface area (Å²) in [6.45, 7) is 4.97. The van der Waals surface area contributed by atoms with Gasteiger partial charge in [-0.05, 0) is 23.8 Å². The van der Waals surface area contributed by atoms with Gasteiger partial charge in [-0.15, -0.1) is 0 Å². The van der Waals surface area contributed by atoms with E-state index in [4.69, 9.17) is 0 Å². The van der Waals surface area contributed by atoms with Crippen molar-refractivity contribution in [2.24, 2.45) is 11.8 Å². The Kier molecular flexibility index (Phi) is 6.63. The van der Waals surface area contributed by atoms with E-state index in [9.17, 15) is 9.59 Å². The van der Waals surface area contributed by atoms with Crippen LogP contribution in [0.4, 0.5) is 0 Å². The Hall–Kier alpha value is -1.84. The zero-order valence-electron chi connectivity index (χ0n) is 14.2. The molecule has 0 bridgehead atoms. The van der Waals surface area contributed by atoms with E-state index in [2.05, 4.69) is 24.5 Å². The summed E-state index contributed by atoms with van der Waals surface area (Å²) in [5.74, 6) is 1.09. The second-order valence-electron chi connectivity index (χ2n) is 6.70. The minimum Gasteiger partial charge on any atom is -0.353 e. The van der Waals surface area contributed by atoms with Gasteiger partial charge in [0.2, 0.25) is 11.8 Å². The van der Waals surface area contributed by atoms with Crippen molar-refractivity contribution in [2.45, 2.75) is 58.5 Å². The van der Waals surface area contributed by atoms with Gasteiger partial charge < -0.3 is 10.6 Å². The third kappa shape index (κ3) is 5.70. The predicted molar refractivity (Wildman–Crippen MR) is 91.6 cm³/mol. The number of hydrogen-bond donors (Lipinski definition) is 2. The first-order chi connectivity index (χ1) is 11.1. The van der Waals surface area contributed by atoms with Gasteiger partial charge in [0.25, 0.3) is 0 Å².